The molecule has 1 amide bonds. The van der Waals surface area contributed by atoms with Crippen molar-refractivity contribution < 1.29 is 19.4 Å². The summed E-state index contributed by atoms with van der Waals surface area (Å²) in [6.45, 7) is 0.421. The summed E-state index contributed by atoms with van der Waals surface area (Å²) in [6, 6.07) is 12.0. The number of thiophene rings is 1. The molecule has 0 spiro atoms. The van der Waals surface area contributed by atoms with Gasteiger partial charge >= 0.3 is 0 Å². The van der Waals surface area contributed by atoms with Gasteiger partial charge in [0.2, 0.25) is 6.29 Å². The molecule has 1 aromatic heterocycles. The third-order valence-electron chi connectivity index (χ3n) is 4.74. The van der Waals surface area contributed by atoms with Crippen LogP contribution >= 0.6 is 11.3 Å². The van der Waals surface area contributed by atoms with E-state index in [4.69, 9.17) is 14.6 Å². The molecule has 1 saturated carbocycles. The molecular formula is C21H23NO4S. The first-order valence-corrected chi connectivity index (χ1v) is 10.1. The van der Waals surface area contributed by atoms with Gasteiger partial charge in [-0.15, -0.1) is 11.3 Å². The first-order chi connectivity index (χ1) is 13.2. The zero-order valence-electron chi connectivity index (χ0n) is 15.0. The van der Waals surface area contributed by atoms with Crippen molar-refractivity contribution in [3.63, 3.8) is 0 Å². The van der Waals surface area contributed by atoms with Gasteiger partial charge < -0.3 is 19.9 Å². The molecule has 2 aromatic rings. The van der Waals surface area contributed by atoms with E-state index in [1.807, 2.05) is 41.8 Å². The Bertz CT molecular complexity index is 796. The van der Waals surface area contributed by atoms with E-state index in [2.05, 4.69) is 11.4 Å². The monoisotopic (exact) mass is 385 g/mol. The summed E-state index contributed by atoms with van der Waals surface area (Å²) in [6.07, 6.45) is 4.20. The number of aliphatic hydroxyl groups excluding tert-OH is 1. The predicted molar refractivity (Wildman–Crippen MR) is 103 cm³/mol. The highest BCUT2D eigenvalue weighted by molar-refractivity contribution is 7.10. The summed E-state index contributed by atoms with van der Waals surface area (Å²) in [4.78, 5) is 13.7. The first-order valence-electron chi connectivity index (χ1n) is 9.24. The number of benzene rings is 1. The van der Waals surface area contributed by atoms with E-state index in [1.165, 1.54) is 4.88 Å². The highest BCUT2D eigenvalue weighted by Crippen LogP contribution is 2.34. The number of carbonyl (C=O) groups is 1. The summed E-state index contributed by atoms with van der Waals surface area (Å²) >= 11 is 1.68. The number of ether oxygens (including phenoxy) is 2. The quantitative estimate of drug-likeness (QED) is 0.766. The van der Waals surface area contributed by atoms with Gasteiger partial charge in [0, 0.05) is 23.3 Å². The molecule has 2 heterocycles. The van der Waals surface area contributed by atoms with E-state index in [9.17, 15) is 4.79 Å². The molecule has 0 unspecified atom stereocenters. The second-order valence-electron chi connectivity index (χ2n) is 6.97. The molecule has 1 aliphatic carbocycles. The fourth-order valence-corrected chi connectivity index (χ4v) is 3.84. The number of aliphatic hydroxyl groups is 1. The average molecular weight is 385 g/mol. The minimum Gasteiger partial charge on any atom is -0.459 e. The molecule has 0 radical (unpaired) electrons. The van der Waals surface area contributed by atoms with Crippen LogP contribution in [0.4, 0.5) is 0 Å². The molecular weight excluding hydrogens is 362 g/mol. The zero-order valence-corrected chi connectivity index (χ0v) is 15.8. The Balaban J connectivity index is 1.43. The molecule has 2 N–H and O–H groups in total. The van der Waals surface area contributed by atoms with Crippen molar-refractivity contribution in [3.05, 3.63) is 69.6 Å². The van der Waals surface area contributed by atoms with Crippen molar-refractivity contribution >= 4 is 17.2 Å². The number of hydrogen-bond donors (Lipinski definition) is 2. The third kappa shape index (κ3) is 4.77. The van der Waals surface area contributed by atoms with Gasteiger partial charge in [0.15, 0.2) is 5.76 Å². The largest absolute Gasteiger partial charge is 0.459 e. The number of nitrogens with one attached hydrogen (secondary N) is 1. The smallest absolute Gasteiger partial charge is 0.286 e. The summed E-state index contributed by atoms with van der Waals surface area (Å²) in [5.41, 5.74) is 1.87. The maximum atomic E-state index is 12.5. The number of carbonyl (C=O) groups excluding carboxylic acids is 1. The molecule has 1 aliphatic heterocycles. The Hall–Kier alpha value is -2.15. The van der Waals surface area contributed by atoms with Crippen molar-refractivity contribution in [2.45, 2.75) is 50.7 Å². The maximum absolute atomic E-state index is 12.5. The summed E-state index contributed by atoms with van der Waals surface area (Å²) < 4.78 is 11.8. The van der Waals surface area contributed by atoms with Gasteiger partial charge in [-0.3, -0.25) is 4.79 Å². The van der Waals surface area contributed by atoms with Crippen LogP contribution in [0.25, 0.3) is 0 Å². The van der Waals surface area contributed by atoms with Crippen LogP contribution in [-0.2, 0) is 27.5 Å². The lowest BCUT2D eigenvalue weighted by atomic mass is 9.99. The Morgan fingerprint density at radius 3 is 2.67 bits per heavy atom. The Kier molecular flexibility index (Phi) is 5.57. The van der Waals surface area contributed by atoms with Crippen molar-refractivity contribution in [2.24, 2.45) is 0 Å². The normalized spacial score (nSPS) is 22.0. The van der Waals surface area contributed by atoms with Crippen molar-refractivity contribution in [1.29, 1.82) is 0 Å². The zero-order chi connectivity index (χ0) is 18.6. The number of amides is 1. The van der Waals surface area contributed by atoms with Crippen LogP contribution in [-0.4, -0.2) is 23.3 Å². The Morgan fingerprint density at radius 2 is 2.00 bits per heavy atom. The summed E-state index contributed by atoms with van der Waals surface area (Å²) in [5.74, 6) is 0.312. The second-order valence-corrected chi connectivity index (χ2v) is 7.95. The van der Waals surface area contributed by atoms with E-state index in [0.29, 0.717) is 18.8 Å². The van der Waals surface area contributed by atoms with Gasteiger partial charge in [0.25, 0.3) is 5.91 Å². The Labute approximate surface area is 162 Å². The van der Waals surface area contributed by atoms with E-state index in [1.54, 1.807) is 11.3 Å². The van der Waals surface area contributed by atoms with Crippen LogP contribution in [0.3, 0.4) is 0 Å². The van der Waals surface area contributed by atoms with Gasteiger partial charge in [-0.25, -0.2) is 0 Å². The molecule has 2 atom stereocenters. The molecule has 27 heavy (non-hydrogen) atoms. The average Bonchev–Trinajstić information content (AvgIpc) is 3.34. The SMILES string of the molecule is O=C(NC1CC1)C1=C[C@@H](c2cccs2)C[C@@H](OCc2ccc(CO)cc2)O1. The molecule has 1 aromatic carbocycles. The van der Waals surface area contributed by atoms with Crippen LogP contribution in [0.5, 0.6) is 0 Å². The second kappa shape index (κ2) is 8.25. The molecule has 1 fully saturated rings. The lowest BCUT2D eigenvalue weighted by Gasteiger charge is -2.28. The summed E-state index contributed by atoms with van der Waals surface area (Å²) in [7, 11) is 0. The van der Waals surface area contributed by atoms with E-state index < -0.39 is 6.29 Å². The summed E-state index contributed by atoms with van der Waals surface area (Å²) in [5, 5.41) is 14.2. The lowest BCUT2D eigenvalue weighted by molar-refractivity contribution is -0.150. The van der Waals surface area contributed by atoms with Gasteiger partial charge in [0.05, 0.1) is 13.2 Å². The molecule has 6 heteroatoms. The molecule has 142 valence electrons. The minimum absolute atomic E-state index is 0.0274. The fraction of sp³-hybridized carbons (Fsp3) is 0.381. The van der Waals surface area contributed by atoms with E-state index in [-0.39, 0.29) is 24.5 Å². The Morgan fingerprint density at radius 1 is 1.22 bits per heavy atom. The van der Waals surface area contributed by atoms with Crippen LogP contribution in [0.15, 0.2) is 53.6 Å². The van der Waals surface area contributed by atoms with Crippen molar-refractivity contribution in [3.8, 4) is 0 Å². The van der Waals surface area contributed by atoms with Crippen molar-refractivity contribution in [2.75, 3.05) is 0 Å². The lowest BCUT2D eigenvalue weighted by Crippen LogP contribution is -2.33. The minimum atomic E-state index is -0.473. The fourth-order valence-electron chi connectivity index (χ4n) is 3.03. The van der Waals surface area contributed by atoms with Crippen LogP contribution < -0.4 is 5.32 Å². The molecule has 2 aliphatic rings. The number of rotatable bonds is 7. The predicted octanol–water partition coefficient (Wildman–Crippen LogP) is 3.45. The highest BCUT2D eigenvalue weighted by atomic mass is 32.1. The number of allylic oxidation sites excluding steroid dienone is 1. The molecule has 5 nitrogen and oxygen atoms in total. The van der Waals surface area contributed by atoms with E-state index in [0.717, 1.165) is 24.0 Å². The highest BCUT2D eigenvalue weighted by Gasteiger charge is 2.32. The van der Waals surface area contributed by atoms with Crippen LogP contribution in [0.1, 0.15) is 41.2 Å². The number of hydrogen-bond acceptors (Lipinski definition) is 5. The van der Waals surface area contributed by atoms with Crippen LogP contribution in [0.2, 0.25) is 0 Å². The van der Waals surface area contributed by atoms with Gasteiger partial charge in [0.1, 0.15) is 0 Å². The maximum Gasteiger partial charge on any atom is 0.286 e. The molecule has 4 rings (SSSR count). The van der Waals surface area contributed by atoms with Gasteiger partial charge in [-0.05, 0) is 41.5 Å². The first kappa shape index (κ1) is 18.2. The topological polar surface area (TPSA) is 67.8 Å². The molecule has 0 bridgehead atoms. The van der Waals surface area contributed by atoms with E-state index >= 15 is 0 Å². The van der Waals surface area contributed by atoms with Crippen LogP contribution in [0, 0.1) is 0 Å². The van der Waals surface area contributed by atoms with Crippen molar-refractivity contribution in [1.82, 2.24) is 5.32 Å². The standard InChI is InChI=1S/C21H23NO4S/c23-12-14-3-5-15(6-4-14)13-25-20-11-16(19-2-1-9-27-19)10-18(26-20)21(24)22-17-7-8-17/h1-6,9-10,16-17,20,23H,7-8,11-13H2,(H,22,24)/t16-,20+/m1/s1. The van der Waals surface area contributed by atoms with Gasteiger partial charge in [-0.2, -0.15) is 0 Å². The van der Waals surface area contributed by atoms with Gasteiger partial charge in [-0.1, -0.05) is 30.3 Å². The third-order valence-corrected chi connectivity index (χ3v) is 5.75. The molecule has 0 saturated heterocycles.